The first-order valence-corrected chi connectivity index (χ1v) is 7.59. The number of rotatable bonds is 5. The minimum atomic E-state index is -0.0815. The van der Waals surface area contributed by atoms with Crippen LogP contribution in [-0.2, 0) is 4.79 Å². The predicted octanol–water partition coefficient (Wildman–Crippen LogP) is 1.02. The normalized spacial score (nSPS) is 15.3. The largest absolute Gasteiger partial charge is 0.352 e. The Labute approximate surface area is 125 Å². The molecule has 1 aromatic carbocycles. The Balaban J connectivity index is 1.65. The van der Waals surface area contributed by atoms with Crippen LogP contribution in [0, 0.1) is 0 Å². The number of benzene rings is 1. The van der Waals surface area contributed by atoms with Crippen molar-refractivity contribution in [1.29, 1.82) is 0 Å². The van der Waals surface area contributed by atoms with Gasteiger partial charge < -0.3 is 15.5 Å². The average Bonchev–Trinajstić information content (AvgIpc) is 2.81. The first kappa shape index (κ1) is 15.5. The van der Waals surface area contributed by atoms with Crippen LogP contribution in [0.25, 0.3) is 0 Å². The highest BCUT2D eigenvalue weighted by atomic mass is 16.2. The van der Waals surface area contributed by atoms with Crippen LogP contribution < -0.4 is 10.6 Å². The summed E-state index contributed by atoms with van der Waals surface area (Å²) >= 11 is 0. The van der Waals surface area contributed by atoms with Crippen molar-refractivity contribution in [2.45, 2.75) is 19.3 Å². The quantitative estimate of drug-likeness (QED) is 0.796. The summed E-state index contributed by atoms with van der Waals surface area (Å²) in [6.07, 6.45) is 2.19. The molecule has 1 fully saturated rings. The maximum absolute atomic E-state index is 12.1. The zero-order chi connectivity index (χ0) is 14.9. The molecule has 5 heteroatoms. The van der Waals surface area contributed by atoms with Crippen molar-refractivity contribution < 1.29 is 9.59 Å². The van der Waals surface area contributed by atoms with Crippen molar-refractivity contribution in [2.75, 3.05) is 32.7 Å². The van der Waals surface area contributed by atoms with Crippen LogP contribution in [0.1, 0.15) is 29.6 Å². The number of amides is 2. The zero-order valence-electron chi connectivity index (χ0n) is 12.3. The minimum absolute atomic E-state index is 0.0815. The van der Waals surface area contributed by atoms with Crippen molar-refractivity contribution in [3.63, 3.8) is 0 Å². The van der Waals surface area contributed by atoms with Gasteiger partial charge in [0, 0.05) is 38.2 Å². The Morgan fingerprint density at radius 2 is 1.95 bits per heavy atom. The monoisotopic (exact) mass is 289 g/mol. The minimum Gasteiger partial charge on any atom is -0.352 e. The molecule has 0 saturated carbocycles. The first-order valence-electron chi connectivity index (χ1n) is 7.59. The summed E-state index contributed by atoms with van der Waals surface area (Å²) in [5.74, 6) is 0.106. The van der Waals surface area contributed by atoms with Gasteiger partial charge in [-0.2, -0.15) is 0 Å². The van der Waals surface area contributed by atoms with Crippen LogP contribution in [0.2, 0.25) is 0 Å². The van der Waals surface area contributed by atoms with Crippen LogP contribution in [0.3, 0.4) is 0 Å². The lowest BCUT2D eigenvalue weighted by Crippen LogP contribution is -2.34. The lowest BCUT2D eigenvalue weighted by Gasteiger charge is -2.19. The Kier molecular flexibility index (Phi) is 6.22. The van der Waals surface area contributed by atoms with Crippen molar-refractivity contribution in [3.05, 3.63) is 35.9 Å². The van der Waals surface area contributed by atoms with Gasteiger partial charge in [0.05, 0.1) is 0 Å². The van der Waals surface area contributed by atoms with Gasteiger partial charge in [0.2, 0.25) is 5.91 Å². The van der Waals surface area contributed by atoms with E-state index in [1.54, 1.807) is 12.1 Å². The van der Waals surface area contributed by atoms with Crippen molar-refractivity contribution in [2.24, 2.45) is 0 Å². The first-order chi connectivity index (χ1) is 10.3. The number of carbonyl (C=O) groups is 2. The third-order valence-electron chi connectivity index (χ3n) is 3.58. The van der Waals surface area contributed by atoms with E-state index in [1.165, 1.54) is 0 Å². The molecule has 114 valence electrons. The van der Waals surface area contributed by atoms with Gasteiger partial charge in [-0.15, -0.1) is 0 Å². The average molecular weight is 289 g/mol. The molecule has 0 unspecified atom stereocenters. The van der Waals surface area contributed by atoms with Gasteiger partial charge in [-0.25, -0.2) is 0 Å². The highest BCUT2D eigenvalue weighted by molar-refractivity contribution is 5.94. The second-order valence-corrected chi connectivity index (χ2v) is 5.21. The molecule has 1 saturated heterocycles. The Morgan fingerprint density at radius 3 is 2.76 bits per heavy atom. The van der Waals surface area contributed by atoms with Crippen LogP contribution in [-0.4, -0.2) is 49.4 Å². The fourth-order valence-electron chi connectivity index (χ4n) is 2.39. The molecule has 1 aliphatic rings. The molecular formula is C16H23N3O2. The van der Waals surface area contributed by atoms with E-state index in [0.717, 1.165) is 32.6 Å². The van der Waals surface area contributed by atoms with E-state index >= 15 is 0 Å². The van der Waals surface area contributed by atoms with Crippen molar-refractivity contribution in [3.8, 4) is 0 Å². The lowest BCUT2D eigenvalue weighted by molar-refractivity contribution is -0.131. The standard InChI is InChI=1S/C16H23N3O2/c20-15(19-12-5-9-17-11-13-19)8-4-10-18-16(21)14-6-2-1-3-7-14/h1-3,6-7,17H,4-5,8-13H2,(H,18,21). The molecule has 0 radical (unpaired) electrons. The second kappa shape index (κ2) is 8.42. The van der Waals surface area contributed by atoms with Crippen molar-refractivity contribution >= 4 is 11.8 Å². The van der Waals surface area contributed by atoms with Gasteiger partial charge in [-0.05, 0) is 31.5 Å². The smallest absolute Gasteiger partial charge is 0.251 e. The fourth-order valence-corrected chi connectivity index (χ4v) is 2.39. The van der Waals surface area contributed by atoms with Crippen molar-refractivity contribution in [1.82, 2.24) is 15.5 Å². The van der Waals surface area contributed by atoms with E-state index in [-0.39, 0.29) is 11.8 Å². The van der Waals surface area contributed by atoms with Gasteiger partial charge in [0.1, 0.15) is 0 Å². The van der Waals surface area contributed by atoms with E-state index in [9.17, 15) is 9.59 Å². The van der Waals surface area contributed by atoms with Gasteiger partial charge in [0.25, 0.3) is 5.91 Å². The van der Waals surface area contributed by atoms with E-state index in [1.807, 2.05) is 23.1 Å². The summed E-state index contributed by atoms with van der Waals surface area (Å²) in [7, 11) is 0. The maximum Gasteiger partial charge on any atom is 0.251 e. The van der Waals surface area contributed by atoms with Crippen LogP contribution in [0.5, 0.6) is 0 Å². The van der Waals surface area contributed by atoms with Crippen LogP contribution in [0.4, 0.5) is 0 Å². The molecule has 1 heterocycles. The molecule has 1 aliphatic heterocycles. The van der Waals surface area contributed by atoms with E-state index in [4.69, 9.17) is 0 Å². The maximum atomic E-state index is 12.1. The highest BCUT2D eigenvalue weighted by Crippen LogP contribution is 2.02. The SMILES string of the molecule is O=C(NCCCC(=O)N1CCCNCC1)c1ccccc1. The van der Waals surface area contributed by atoms with Gasteiger partial charge >= 0.3 is 0 Å². The number of nitrogens with zero attached hydrogens (tertiary/aromatic N) is 1. The molecule has 0 spiro atoms. The molecule has 0 bridgehead atoms. The number of carbonyl (C=O) groups excluding carboxylic acids is 2. The zero-order valence-corrected chi connectivity index (χ0v) is 12.3. The van der Waals surface area contributed by atoms with E-state index in [2.05, 4.69) is 10.6 Å². The molecule has 0 atom stereocenters. The Bertz CT molecular complexity index is 454. The number of nitrogens with one attached hydrogen (secondary N) is 2. The molecule has 0 aliphatic carbocycles. The summed E-state index contributed by atoms with van der Waals surface area (Å²) in [5, 5.41) is 6.13. The molecule has 2 rings (SSSR count). The second-order valence-electron chi connectivity index (χ2n) is 5.21. The molecular weight excluding hydrogens is 266 g/mol. The Morgan fingerprint density at radius 1 is 1.14 bits per heavy atom. The molecule has 21 heavy (non-hydrogen) atoms. The van der Waals surface area contributed by atoms with Crippen LogP contribution in [0.15, 0.2) is 30.3 Å². The molecule has 2 amide bonds. The Hall–Kier alpha value is -1.88. The molecule has 1 aromatic rings. The predicted molar refractivity (Wildman–Crippen MR) is 82.1 cm³/mol. The lowest BCUT2D eigenvalue weighted by atomic mass is 10.2. The topological polar surface area (TPSA) is 61.4 Å². The molecule has 0 aromatic heterocycles. The summed E-state index contributed by atoms with van der Waals surface area (Å²) in [6, 6.07) is 9.12. The third kappa shape index (κ3) is 5.19. The third-order valence-corrected chi connectivity index (χ3v) is 3.58. The van der Waals surface area contributed by atoms with Gasteiger partial charge in [0.15, 0.2) is 0 Å². The number of hydrogen-bond donors (Lipinski definition) is 2. The van der Waals surface area contributed by atoms with Gasteiger partial charge in [-0.3, -0.25) is 9.59 Å². The summed E-state index contributed by atoms with van der Waals surface area (Å²) in [4.78, 5) is 25.8. The summed E-state index contributed by atoms with van der Waals surface area (Å²) < 4.78 is 0. The summed E-state index contributed by atoms with van der Waals surface area (Å²) in [6.45, 7) is 4.01. The molecule has 5 nitrogen and oxygen atoms in total. The van der Waals surface area contributed by atoms with E-state index < -0.39 is 0 Å². The number of hydrogen-bond acceptors (Lipinski definition) is 3. The highest BCUT2D eigenvalue weighted by Gasteiger charge is 2.14. The summed E-state index contributed by atoms with van der Waals surface area (Å²) in [5.41, 5.74) is 0.655. The van der Waals surface area contributed by atoms with E-state index in [0.29, 0.717) is 24.9 Å². The van der Waals surface area contributed by atoms with Gasteiger partial charge in [-0.1, -0.05) is 18.2 Å². The van der Waals surface area contributed by atoms with Crippen LogP contribution >= 0.6 is 0 Å². The molecule has 2 N–H and O–H groups in total. The fraction of sp³-hybridized carbons (Fsp3) is 0.500.